The number of nitrogens with two attached hydrogens (primary N) is 1. The van der Waals surface area contributed by atoms with Crippen LogP contribution in [0.3, 0.4) is 0 Å². The predicted octanol–water partition coefficient (Wildman–Crippen LogP) is 2.26. The van der Waals surface area contributed by atoms with E-state index in [0.29, 0.717) is 16.9 Å². The minimum atomic E-state index is 0.167. The molecule has 0 radical (unpaired) electrons. The Morgan fingerprint density at radius 1 is 1.18 bits per heavy atom. The van der Waals surface area contributed by atoms with Crippen molar-refractivity contribution >= 4 is 28.2 Å². The number of rotatable bonds is 1. The van der Waals surface area contributed by atoms with E-state index in [4.69, 9.17) is 17.3 Å². The van der Waals surface area contributed by atoms with Crippen molar-refractivity contribution in [1.82, 2.24) is 20.2 Å². The molecule has 0 aliphatic carbocycles. The van der Waals surface area contributed by atoms with Gasteiger partial charge in [-0.1, -0.05) is 12.1 Å². The number of benzene rings is 1. The Morgan fingerprint density at radius 2 is 2.06 bits per heavy atom. The minimum Gasteiger partial charge on any atom is -0.397 e. The Morgan fingerprint density at radius 3 is 2.82 bits per heavy atom. The van der Waals surface area contributed by atoms with E-state index in [-0.39, 0.29) is 5.28 Å². The van der Waals surface area contributed by atoms with Gasteiger partial charge < -0.3 is 5.73 Å². The number of nitrogens with zero attached hydrogens (tertiary/aromatic N) is 3. The molecular formula is C11H8ClN5. The van der Waals surface area contributed by atoms with Crippen LogP contribution in [0.25, 0.3) is 22.3 Å². The summed E-state index contributed by atoms with van der Waals surface area (Å²) in [6.45, 7) is 0. The van der Waals surface area contributed by atoms with E-state index < -0.39 is 0 Å². The van der Waals surface area contributed by atoms with Crippen LogP contribution in [0.15, 0.2) is 30.5 Å². The van der Waals surface area contributed by atoms with Gasteiger partial charge in [0.05, 0.1) is 16.9 Å². The van der Waals surface area contributed by atoms with Gasteiger partial charge in [-0.2, -0.15) is 5.10 Å². The highest BCUT2D eigenvalue weighted by Gasteiger charge is 2.11. The van der Waals surface area contributed by atoms with Gasteiger partial charge in [-0.05, 0) is 23.7 Å². The van der Waals surface area contributed by atoms with Crippen molar-refractivity contribution in [1.29, 1.82) is 0 Å². The smallest absolute Gasteiger partial charge is 0.223 e. The molecule has 2 aromatic heterocycles. The number of nitrogens with one attached hydrogen (secondary N) is 1. The van der Waals surface area contributed by atoms with E-state index >= 15 is 0 Å². The third kappa shape index (κ3) is 1.60. The molecule has 5 nitrogen and oxygen atoms in total. The summed E-state index contributed by atoms with van der Waals surface area (Å²) in [4.78, 5) is 8.35. The Bertz CT molecular complexity index is 678. The number of aromatic nitrogens is 4. The zero-order valence-electron chi connectivity index (χ0n) is 8.68. The summed E-state index contributed by atoms with van der Waals surface area (Å²) in [7, 11) is 0. The van der Waals surface area contributed by atoms with Crippen LogP contribution in [0.1, 0.15) is 0 Å². The van der Waals surface area contributed by atoms with Crippen molar-refractivity contribution in [3.05, 3.63) is 35.7 Å². The molecule has 0 fully saturated rings. The normalized spacial score (nSPS) is 10.9. The van der Waals surface area contributed by atoms with Crippen molar-refractivity contribution in [2.75, 3.05) is 5.73 Å². The molecule has 0 saturated heterocycles. The van der Waals surface area contributed by atoms with E-state index in [1.54, 1.807) is 12.3 Å². The lowest BCUT2D eigenvalue weighted by Gasteiger charge is -2.05. The quantitative estimate of drug-likeness (QED) is 0.509. The molecule has 0 bridgehead atoms. The molecule has 0 unspecified atom stereocenters. The Hall–Kier alpha value is -2.14. The predicted molar refractivity (Wildman–Crippen MR) is 66.5 cm³/mol. The molecule has 3 rings (SSSR count). The molecule has 0 amide bonds. The summed E-state index contributed by atoms with van der Waals surface area (Å²) in [5, 5.41) is 7.76. The van der Waals surface area contributed by atoms with Crippen molar-refractivity contribution in [2.24, 2.45) is 0 Å². The molecule has 84 valence electrons. The number of hydrogen-bond acceptors (Lipinski definition) is 4. The zero-order chi connectivity index (χ0) is 11.8. The number of para-hydroxylation sites is 1. The van der Waals surface area contributed by atoms with Gasteiger partial charge in [0.25, 0.3) is 0 Å². The van der Waals surface area contributed by atoms with Crippen LogP contribution in [0.4, 0.5) is 5.69 Å². The number of aromatic amines is 1. The van der Waals surface area contributed by atoms with E-state index in [1.165, 1.54) is 0 Å². The second-order valence-corrected chi connectivity index (χ2v) is 3.89. The highest BCUT2D eigenvalue weighted by Crippen LogP contribution is 2.28. The van der Waals surface area contributed by atoms with Gasteiger partial charge in [-0.15, -0.1) is 0 Å². The summed E-state index contributed by atoms with van der Waals surface area (Å²) in [6, 6.07) is 7.36. The number of hydrogen-bond donors (Lipinski definition) is 2. The van der Waals surface area contributed by atoms with Crippen molar-refractivity contribution in [3.63, 3.8) is 0 Å². The Kier molecular flexibility index (Phi) is 2.19. The second kappa shape index (κ2) is 3.71. The summed E-state index contributed by atoms with van der Waals surface area (Å²) in [5.41, 5.74) is 8.58. The maximum Gasteiger partial charge on any atom is 0.223 e. The zero-order valence-corrected chi connectivity index (χ0v) is 9.44. The Balaban J connectivity index is 2.42. The molecule has 0 aliphatic rings. The first kappa shape index (κ1) is 10.0. The van der Waals surface area contributed by atoms with E-state index in [0.717, 1.165) is 11.1 Å². The fourth-order valence-corrected chi connectivity index (χ4v) is 1.91. The third-order valence-electron chi connectivity index (χ3n) is 2.49. The van der Waals surface area contributed by atoms with Crippen LogP contribution in [-0.2, 0) is 0 Å². The molecule has 1 aromatic carbocycles. The van der Waals surface area contributed by atoms with Crippen LogP contribution in [0.2, 0.25) is 5.28 Å². The minimum absolute atomic E-state index is 0.167. The van der Waals surface area contributed by atoms with Gasteiger partial charge in [0.1, 0.15) is 5.69 Å². The first-order valence-electron chi connectivity index (χ1n) is 4.97. The van der Waals surface area contributed by atoms with Gasteiger partial charge in [0, 0.05) is 11.6 Å². The van der Waals surface area contributed by atoms with Crippen molar-refractivity contribution in [3.8, 4) is 11.4 Å². The number of anilines is 1. The summed E-state index contributed by atoms with van der Waals surface area (Å²) >= 11 is 5.90. The van der Waals surface area contributed by atoms with Gasteiger partial charge in [-0.3, -0.25) is 5.10 Å². The molecule has 0 spiro atoms. The molecule has 3 N–H and O–H groups in total. The largest absolute Gasteiger partial charge is 0.397 e. The molecule has 3 aromatic rings. The van der Waals surface area contributed by atoms with E-state index in [1.807, 2.05) is 18.2 Å². The Labute approximate surface area is 102 Å². The highest BCUT2D eigenvalue weighted by molar-refractivity contribution is 6.29. The number of H-pyrrole nitrogens is 1. The van der Waals surface area contributed by atoms with Crippen LogP contribution >= 0.6 is 11.6 Å². The average Bonchev–Trinajstić information content (AvgIpc) is 2.83. The topological polar surface area (TPSA) is 80.5 Å². The van der Waals surface area contributed by atoms with Crippen molar-refractivity contribution < 1.29 is 0 Å². The van der Waals surface area contributed by atoms with Crippen LogP contribution in [0, 0.1) is 0 Å². The van der Waals surface area contributed by atoms with Crippen LogP contribution in [-0.4, -0.2) is 20.2 Å². The molecule has 2 heterocycles. The first-order valence-corrected chi connectivity index (χ1v) is 5.35. The monoisotopic (exact) mass is 245 g/mol. The molecule has 6 heteroatoms. The SMILES string of the molecule is Nc1cccc2c(-c3ccn[nH]3)nc(Cl)nc12. The summed E-state index contributed by atoms with van der Waals surface area (Å²) in [5.74, 6) is 0. The van der Waals surface area contributed by atoms with Crippen LogP contribution < -0.4 is 5.73 Å². The molecule has 0 atom stereocenters. The number of nitrogen functional groups attached to an aromatic ring is 1. The first-order chi connectivity index (χ1) is 8.25. The van der Waals surface area contributed by atoms with Crippen LogP contribution in [0.5, 0.6) is 0 Å². The fourth-order valence-electron chi connectivity index (χ4n) is 1.74. The maximum absolute atomic E-state index is 5.90. The third-order valence-corrected chi connectivity index (χ3v) is 2.66. The van der Waals surface area contributed by atoms with Gasteiger partial charge in [-0.25, -0.2) is 9.97 Å². The lowest BCUT2D eigenvalue weighted by Crippen LogP contribution is -1.95. The number of fused-ring (bicyclic) bond motifs is 1. The average molecular weight is 246 g/mol. The van der Waals surface area contributed by atoms with E-state index in [9.17, 15) is 0 Å². The molecule has 0 saturated carbocycles. The van der Waals surface area contributed by atoms with Gasteiger partial charge >= 0.3 is 0 Å². The lowest BCUT2D eigenvalue weighted by atomic mass is 10.1. The lowest BCUT2D eigenvalue weighted by molar-refractivity contribution is 1.08. The standard InChI is InChI=1S/C11H8ClN5/c12-11-15-9-6(2-1-3-7(9)13)10(16-11)8-4-5-14-17-8/h1-5H,13H2,(H,14,17). The summed E-state index contributed by atoms with van der Waals surface area (Å²) in [6.07, 6.45) is 1.66. The van der Waals surface area contributed by atoms with Crippen molar-refractivity contribution in [2.45, 2.75) is 0 Å². The van der Waals surface area contributed by atoms with E-state index in [2.05, 4.69) is 20.2 Å². The summed E-state index contributed by atoms with van der Waals surface area (Å²) < 4.78 is 0. The number of halogens is 1. The molecular weight excluding hydrogens is 238 g/mol. The highest BCUT2D eigenvalue weighted by atomic mass is 35.5. The molecule has 17 heavy (non-hydrogen) atoms. The fraction of sp³-hybridized carbons (Fsp3) is 0. The molecule has 0 aliphatic heterocycles. The second-order valence-electron chi connectivity index (χ2n) is 3.55. The van der Waals surface area contributed by atoms with Gasteiger partial charge in [0.2, 0.25) is 5.28 Å². The van der Waals surface area contributed by atoms with Gasteiger partial charge in [0.15, 0.2) is 0 Å². The maximum atomic E-state index is 5.90.